The Morgan fingerprint density at radius 3 is 2.52 bits per heavy atom. The number of rotatable bonds is 6. The molecule has 3 N–H and O–H groups in total. The first kappa shape index (κ1) is 18.6. The van der Waals surface area contributed by atoms with Crippen LogP contribution in [0.5, 0.6) is 0 Å². The summed E-state index contributed by atoms with van der Waals surface area (Å²) in [4.78, 5) is 35.3. The second-order valence-corrected chi connectivity index (χ2v) is 6.26. The summed E-state index contributed by atoms with van der Waals surface area (Å²) in [6.07, 6.45) is 1.14. The molecule has 0 saturated carbocycles. The molecule has 1 aliphatic heterocycles. The fourth-order valence-corrected chi connectivity index (χ4v) is 2.79. The van der Waals surface area contributed by atoms with Gasteiger partial charge in [-0.15, -0.1) is 0 Å². The number of aromatic carboxylic acids is 1. The summed E-state index contributed by atoms with van der Waals surface area (Å²) in [5.74, 6) is -1.48. The highest BCUT2D eigenvalue weighted by atomic mass is 16.5. The van der Waals surface area contributed by atoms with Gasteiger partial charge in [0, 0.05) is 24.4 Å². The van der Waals surface area contributed by atoms with Crippen molar-refractivity contribution in [2.75, 3.05) is 11.9 Å². The van der Waals surface area contributed by atoms with Crippen LogP contribution >= 0.6 is 0 Å². The van der Waals surface area contributed by atoms with Gasteiger partial charge in [-0.3, -0.25) is 9.59 Å². The molecule has 1 saturated heterocycles. The first-order chi connectivity index (χ1) is 13.0. The average Bonchev–Trinajstić information content (AvgIpc) is 3.21. The zero-order valence-electron chi connectivity index (χ0n) is 14.6. The Morgan fingerprint density at radius 1 is 1.07 bits per heavy atom. The molecule has 1 unspecified atom stereocenters. The van der Waals surface area contributed by atoms with Crippen LogP contribution < -0.4 is 10.6 Å². The molecule has 1 heterocycles. The molecule has 7 heteroatoms. The average molecular weight is 368 g/mol. The van der Waals surface area contributed by atoms with Gasteiger partial charge in [-0.2, -0.15) is 0 Å². The summed E-state index contributed by atoms with van der Waals surface area (Å²) in [6.45, 7) is 0.860. The van der Waals surface area contributed by atoms with Gasteiger partial charge in [-0.05, 0) is 48.7 Å². The van der Waals surface area contributed by atoms with Crippen molar-refractivity contribution in [2.45, 2.75) is 25.5 Å². The number of carboxylic acids is 1. The Hall–Kier alpha value is -3.19. The first-order valence-electron chi connectivity index (χ1n) is 8.66. The van der Waals surface area contributed by atoms with Gasteiger partial charge in [0.1, 0.15) is 6.10 Å². The van der Waals surface area contributed by atoms with E-state index < -0.39 is 12.1 Å². The lowest BCUT2D eigenvalue weighted by molar-refractivity contribution is -0.124. The molecule has 0 radical (unpaired) electrons. The standard InChI is InChI=1S/C20H20N2O5/c23-18(21-12-13-6-8-14(9-7-13)20(25)26)15-3-1-4-16(11-15)22-19(24)17-5-2-10-27-17/h1,3-4,6-9,11,17H,2,5,10,12H2,(H,21,23)(H,22,24)(H,25,26). The van der Waals surface area contributed by atoms with E-state index >= 15 is 0 Å². The quantitative estimate of drug-likeness (QED) is 0.726. The van der Waals surface area contributed by atoms with Crippen LogP contribution in [0.25, 0.3) is 0 Å². The van der Waals surface area contributed by atoms with E-state index in [1.165, 1.54) is 12.1 Å². The molecule has 1 aliphatic rings. The fourth-order valence-electron chi connectivity index (χ4n) is 2.79. The molecule has 0 spiro atoms. The van der Waals surface area contributed by atoms with Gasteiger partial charge in [-0.25, -0.2) is 4.79 Å². The maximum atomic E-state index is 12.3. The van der Waals surface area contributed by atoms with Crippen molar-refractivity contribution in [1.82, 2.24) is 5.32 Å². The minimum atomic E-state index is -0.993. The molecule has 2 aromatic rings. The SMILES string of the molecule is O=C(O)c1ccc(CNC(=O)c2cccc(NC(=O)C3CCCO3)c2)cc1. The van der Waals surface area contributed by atoms with Crippen molar-refractivity contribution in [2.24, 2.45) is 0 Å². The molecular formula is C20H20N2O5. The second-order valence-electron chi connectivity index (χ2n) is 6.26. The molecule has 27 heavy (non-hydrogen) atoms. The predicted octanol–water partition coefficient (Wildman–Crippen LogP) is 2.43. The Balaban J connectivity index is 1.58. The molecule has 140 valence electrons. The third-order valence-electron chi connectivity index (χ3n) is 4.27. The van der Waals surface area contributed by atoms with Crippen molar-refractivity contribution in [3.63, 3.8) is 0 Å². The highest BCUT2D eigenvalue weighted by molar-refractivity contribution is 5.98. The van der Waals surface area contributed by atoms with Crippen LogP contribution in [0.4, 0.5) is 5.69 Å². The minimum absolute atomic E-state index is 0.194. The van der Waals surface area contributed by atoms with Gasteiger partial charge in [0.15, 0.2) is 0 Å². The largest absolute Gasteiger partial charge is 0.478 e. The van der Waals surface area contributed by atoms with E-state index in [1.54, 1.807) is 36.4 Å². The Bertz CT molecular complexity index is 842. The molecule has 2 aromatic carbocycles. The molecule has 0 bridgehead atoms. The van der Waals surface area contributed by atoms with E-state index in [4.69, 9.17) is 9.84 Å². The lowest BCUT2D eigenvalue weighted by Gasteiger charge is -2.11. The number of benzene rings is 2. The summed E-state index contributed by atoms with van der Waals surface area (Å²) < 4.78 is 5.35. The molecule has 1 fully saturated rings. The highest BCUT2D eigenvalue weighted by Gasteiger charge is 2.23. The Kier molecular flexibility index (Phi) is 5.83. The van der Waals surface area contributed by atoms with Crippen molar-refractivity contribution in [3.8, 4) is 0 Å². The number of ether oxygens (including phenoxy) is 1. The zero-order chi connectivity index (χ0) is 19.2. The number of hydrogen-bond donors (Lipinski definition) is 3. The third kappa shape index (κ3) is 4.92. The van der Waals surface area contributed by atoms with Crippen molar-refractivity contribution >= 4 is 23.5 Å². The zero-order valence-corrected chi connectivity index (χ0v) is 14.6. The van der Waals surface area contributed by atoms with E-state index in [1.807, 2.05) is 0 Å². The monoisotopic (exact) mass is 368 g/mol. The molecule has 0 aliphatic carbocycles. The number of carbonyl (C=O) groups is 3. The number of hydrogen-bond acceptors (Lipinski definition) is 4. The number of carbonyl (C=O) groups excluding carboxylic acids is 2. The van der Waals surface area contributed by atoms with Gasteiger partial charge < -0.3 is 20.5 Å². The van der Waals surface area contributed by atoms with E-state index in [0.717, 1.165) is 12.0 Å². The van der Waals surface area contributed by atoms with Crippen LogP contribution in [0.15, 0.2) is 48.5 Å². The Labute approximate surface area is 156 Å². The lowest BCUT2D eigenvalue weighted by atomic mass is 10.1. The summed E-state index contributed by atoms with van der Waals surface area (Å²) >= 11 is 0. The minimum Gasteiger partial charge on any atom is -0.478 e. The van der Waals surface area contributed by atoms with Crippen molar-refractivity contribution < 1.29 is 24.2 Å². The number of anilines is 1. The summed E-state index contributed by atoms with van der Waals surface area (Å²) in [5.41, 5.74) is 1.94. The summed E-state index contributed by atoms with van der Waals surface area (Å²) in [6, 6.07) is 13.0. The van der Waals surface area contributed by atoms with Crippen LogP contribution in [0.1, 0.15) is 39.1 Å². The van der Waals surface area contributed by atoms with Gasteiger partial charge >= 0.3 is 5.97 Å². The van der Waals surface area contributed by atoms with E-state index in [2.05, 4.69) is 10.6 Å². The van der Waals surface area contributed by atoms with Crippen molar-refractivity contribution in [3.05, 3.63) is 65.2 Å². The lowest BCUT2D eigenvalue weighted by Crippen LogP contribution is -2.27. The van der Waals surface area contributed by atoms with Crippen LogP contribution in [0, 0.1) is 0 Å². The fraction of sp³-hybridized carbons (Fsp3) is 0.250. The van der Waals surface area contributed by atoms with E-state index in [0.29, 0.717) is 24.3 Å². The van der Waals surface area contributed by atoms with Gasteiger partial charge in [0.2, 0.25) is 0 Å². The van der Waals surface area contributed by atoms with Gasteiger partial charge in [0.25, 0.3) is 11.8 Å². The highest BCUT2D eigenvalue weighted by Crippen LogP contribution is 2.16. The topological polar surface area (TPSA) is 105 Å². The molecule has 7 nitrogen and oxygen atoms in total. The van der Waals surface area contributed by atoms with Crippen LogP contribution in [-0.4, -0.2) is 35.6 Å². The Morgan fingerprint density at radius 2 is 1.85 bits per heavy atom. The molecule has 2 amide bonds. The van der Waals surface area contributed by atoms with Crippen LogP contribution in [0.2, 0.25) is 0 Å². The first-order valence-corrected chi connectivity index (χ1v) is 8.66. The second kappa shape index (κ2) is 8.46. The van der Waals surface area contributed by atoms with Gasteiger partial charge in [-0.1, -0.05) is 18.2 Å². The van der Waals surface area contributed by atoms with Crippen LogP contribution in [0.3, 0.4) is 0 Å². The molecular weight excluding hydrogens is 348 g/mol. The smallest absolute Gasteiger partial charge is 0.335 e. The molecule has 1 atom stereocenters. The van der Waals surface area contributed by atoms with Crippen molar-refractivity contribution in [1.29, 1.82) is 0 Å². The number of amides is 2. The number of carboxylic acid groups (broad SMARTS) is 1. The maximum Gasteiger partial charge on any atom is 0.335 e. The van der Waals surface area contributed by atoms with Crippen LogP contribution in [-0.2, 0) is 16.1 Å². The molecule has 0 aromatic heterocycles. The molecule has 3 rings (SSSR count). The maximum absolute atomic E-state index is 12.3. The number of nitrogens with one attached hydrogen (secondary N) is 2. The normalized spacial score (nSPS) is 15.9. The summed E-state index contributed by atoms with van der Waals surface area (Å²) in [5, 5.41) is 14.4. The summed E-state index contributed by atoms with van der Waals surface area (Å²) in [7, 11) is 0. The van der Waals surface area contributed by atoms with E-state index in [-0.39, 0.29) is 23.9 Å². The third-order valence-corrected chi connectivity index (χ3v) is 4.27. The predicted molar refractivity (Wildman–Crippen MR) is 98.6 cm³/mol. The van der Waals surface area contributed by atoms with Gasteiger partial charge in [0.05, 0.1) is 5.56 Å². The van der Waals surface area contributed by atoms with E-state index in [9.17, 15) is 14.4 Å².